The van der Waals surface area contributed by atoms with E-state index in [0.29, 0.717) is 6.42 Å². The second-order valence-electron chi connectivity index (χ2n) is 9.27. The van der Waals surface area contributed by atoms with Crippen LogP contribution >= 0.6 is 0 Å². The van der Waals surface area contributed by atoms with Gasteiger partial charge < -0.3 is 19.7 Å². The second kappa shape index (κ2) is 8.54. The summed E-state index contributed by atoms with van der Waals surface area (Å²) >= 11 is 0. The van der Waals surface area contributed by atoms with Crippen molar-refractivity contribution in [3.05, 3.63) is 53.1 Å². The summed E-state index contributed by atoms with van der Waals surface area (Å²) in [5.41, 5.74) is 3.82. The molecule has 1 amide bonds. The zero-order valence-corrected chi connectivity index (χ0v) is 19.3. The van der Waals surface area contributed by atoms with Crippen molar-refractivity contribution in [3.63, 3.8) is 0 Å². The molecule has 1 saturated heterocycles. The van der Waals surface area contributed by atoms with Crippen LogP contribution in [0.25, 0.3) is 5.57 Å². The molecule has 2 aliphatic heterocycles. The Balaban J connectivity index is 1.68. The Kier molecular flexibility index (Phi) is 5.98. The molecule has 0 atom stereocenters. The number of ether oxygens (including phenoxy) is 2. The van der Waals surface area contributed by atoms with Gasteiger partial charge in [0.15, 0.2) is 0 Å². The molecular formula is C26H34N2O3. The summed E-state index contributed by atoms with van der Waals surface area (Å²) in [6.45, 7) is 10.2. The van der Waals surface area contributed by atoms with Crippen LogP contribution in [0.4, 0.5) is 0 Å². The Hall–Kier alpha value is -2.53. The number of piperidine rings is 1. The average molecular weight is 423 g/mol. The van der Waals surface area contributed by atoms with Gasteiger partial charge in [-0.1, -0.05) is 18.2 Å². The van der Waals surface area contributed by atoms with Gasteiger partial charge in [0.2, 0.25) is 0 Å². The lowest BCUT2D eigenvalue weighted by Gasteiger charge is -2.40. The Morgan fingerprint density at radius 1 is 1.13 bits per heavy atom. The fourth-order valence-electron chi connectivity index (χ4n) is 5.05. The van der Waals surface area contributed by atoms with Crippen LogP contribution in [0.15, 0.2) is 47.6 Å². The second-order valence-corrected chi connectivity index (χ2v) is 9.27. The number of allylic oxidation sites excluding steroid dienone is 4. The van der Waals surface area contributed by atoms with Crippen molar-refractivity contribution in [2.24, 2.45) is 0 Å². The highest BCUT2D eigenvalue weighted by Crippen LogP contribution is 2.48. The van der Waals surface area contributed by atoms with Crippen molar-refractivity contribution in [1.29, 1.82) is 0 Å². The van der Waals surface area contributed by atoms with Gasteiger partial charge in [0.25, 0.3) is 5.91 Å². The highest BCUT2D eigenvalue weighted by molar-refractivity contribution is 5.98. The van der Waals surface area contributed by atoms with Crippen molar-refractivity contribution in [1.82, 2.24) is 10.2 Å². The number of carbonyl (C=O) groups is 1. The maximum absolute atomic E-state index is 13.3. The molecule has 0 radical (unpaired) electrons. The van der Waals surface area contributed by atoms with Crippen LogP contribution in [0.1, 0.15) is 52.5 Å². The van der Waals surface area contributed by atoms with Crippen molar-refractivity contribution in [3.8, 4) is 11.5 Å². The van der Waals surface area contributed by atoms with Gasteiger partial charge in [-0.05, 0) is 70.1 Å². The van der Waals surface area contributed by atoms with Gasteiger partial charge in [-0.3, -0.25) is 4.79 Å². The number of benzene rings is 1. The molecule has 0 aromatic heterocycles. The first-order valence-corrected chi connectivity index (χ1v) is 11.4. The number of nitrogens with one attached hydrogen (secondary N) is 1. The predicted molar refractivity (Wildman–Crippen MR) is 124 cm³/mol. The number of nitrogens with zero attached hydrogens (tertiary/aromatic N) is 1. The number of rotatable bonds is 5. The van der Waals surface area contributed by atoms with E-state index in [2.05, 4.69) is 45.2 Å². The van der Waals surface area contributed by atoms with E-state index in [9.17, 15) is 4.79 Å². The molecule has 1 fully saturated rings. The Labute approximate surface area is 185 Å². The molecule has 0 unspecified atom stereocenters. The lowest BCUT2D eigenvalue weighted by molar-refractivity contribution is -0.130. The fraction of sp³-hybridized carbons (Fsp3) is 0.500. The van der Waals surface area contributed by atoms with Crippen molar-refractivity contribution in [2.45, 2.75) is 64.6 Å². The van der Waals surface area contributed by atoms with E-state index < -0.39 is 0 Å². The molecule has 2 heterocycles. The monoisotopic (exact) mass is 422 g/mol. The zero-order chi connectivity index (χ0) is 22.2. The van der Waals surface area contributed by atoms with Crippen LogP contribution in [0.5, 0.6) is 11.5 Å². The van der Waals surface area contributed by atoms with E-state index in [1.165, 1.54) is 0 Å². The third-order valence-corrected chi connectivity index (χ3v) is 6.48. The lowest BCUT2D eigenvalue weighted by Crippen LogP contribution is -2.46. The van der Waals surface area contributed by atoms with Crippen molar-refractivity contribution < 1.29 is 14.3 Å². The molecule has 1 N–H and O–H groups in total. The zero-order valence-electron chi connectivity index (χ0n) is 19.3. The molecule has 1 aliphatic carbocycles. The van der Waals surface area contributed by atoms with Gasteiger partial charge in [0, 0.05) is 36.9 Å². The number of hydrogen-bond acceptors (Lipinski definition) is 4. The molecule has 1 aromatic rings. The molecule has 166 valence electrons. The van der Waals surface area contributed by atoms with Crippen LogP contribution < -0.4 is 14.8 Å². The lowest BCUT2D eigenvalue weighted by atomic mass is 9.82. The van der Waals surface area contributed by atoms with Gasteiger partial charge in [-0.25, -0.2) is 0 Å². The average Bonchev–Trinajstić information content (AvgIpc) is 3.23. The summed E-state index contributed by atoms with van der Waals surface area (Å²) in [5.74, 6) is 1.80. The van der Waals surface area contributed by atoms with Gasteiger partial charge in [-0.2, -0.15) is 0 Å². The van der Waals surface area contributed by atoms with E-state index in [0.717, 1.165) is 59.7 Å². The largest absolute Gasteiger partial charge is 0.496 e. The van der Waals surface area contributed by atoms with E-state index in [1.807, 2.05) is 29.2 Å². The molecular weight excluding hydrogens is 388 g/mol. The van der Waals surface area contributed by atoms with Gasteiger partial charge in [0.1, 0.15) is 17.1 Å². The molecule has 5 heteroatoms. The van der Waals surface area contributed by atoms with Crippen LogP contribution in [0, 0.1) is 0 Å². The smallest absolute Gasteiger partial charge is 0.250 e. The van der Waals surface area contributed by atoms with Gasteiger partial charge >= 0.3 is 0 Å². The summed E-state index contributed by atoms with van der Waals surface area (Å²) in [7, 11) is 1.70. The summed E-state index contributed by atoms with van der Waals surface area (Å²) in [5, 5.41) is 3.43. The van der Waals surface area contributed by atoms with Gasteiger partial charge in [0.05, 0.1) is 12.7 Å². The topological polar surface area (TPSA) is 50.8 Å². The SMILES string of the molecule is COc1cccc2c1C(C1=CC=C(C(=O)N(C(C)C)C(C)C)C1)=CC1(CCNCC1)O2. The molecule has 4 rings (SSSR count). The summed E-state index contributed by atoms with van der Waals surface area (Å²) in [6.07, 6.45) is 8.87. The Bertz CT molecular complexity index is 941. The molecule has 31 heavy (non-hydrogen) atoms. The number of hydrogen-bond donors (Lipinski definition) is 1. The minimum Gasteiger partial charge on any atom is -0.496 e. The highest BCUT2D eigenvalue weighted by atomic mass is 16.5. The first-order valence-electron chi connectivity index (χ1n) is 11.4. The van der Waals surface area contributed by atoms with Crippen LogP contribution in [-0.2, 0) is 4.79 Å². The highest BCUT2D eigenvalue weighted by Gasteiger charge is 2.39. The number of methoxy groups -OCH3 is 1. The molecule has 1 spiro atoms. The first kappa shape index (κ1) is 21.7. The van der Waals surface area contributed by atoms with Crippen molar-refractivity contribution in [2.75, 3.05) is 20.2 Å². The normalized spacial score (nSPS) is 19.5. The van der Waals surface area contributed by atoms with E-state index in [1.54, 1.807) is 7.11 Å². The summed E-state index contributed by atoms with van der Waals surface area (Å²) < 4.78 is 12.3. The molecule has 0 bridgehead atoms. The Morgan fingerprint density at radius 3 is 2.48 bits per heavy atom. The van der Waals surface area contributed by atoms with E-state index >= 15 is 0 Å². The predicted octanol–water partition coefficient (Wildman–Crippen LogP) is 4.50. The van der Waals surface area contributed by atoms with Crippen LogP contribution in [0.2, 0.25) is 0 Å². The van der Waals surface area contributed by atoms with Crippen LogP contribution in [0.3, 0.4) is 0 Å². The first-order chi connectivity index (χ1) is 14.8. The standard InChI is InChI=1S/C26H34N2O3/c1-17(2)28(18(3)4)25(29)20-10-9-19(15-20)21-16-26(11-13-27-14-12-26)31-23-8-6-7-22(30-5)24(21)23/h6-10,16-18,27H,11-15H2,1-5H3. The van der Waals surface area contributed by atoms with Crippen LogP contribution in [-0.4, -0.2) is 48.7 Å². The van der Waals surface area contributed by atoms with E-state index in [-0.39, 0.29) is 23.6 Å². The molecule has 5 nitrogen and oxygen atoms in total. The maximum Gasteiger partial charge on any atom is 0.250 e. The maximum atomic E-state index is 13.3. The molecule has 0 saturated carbocycles. The summed E-state index contributed by atoms with van der Waals surface area (Å²) in [4.78, 5) is 15.2. The molecule has 1 aromatic carbocycles. The van der Waals surface area contributed by atoms with Gasteiger partial charge in [-0.15, -0.1) is 0 Å². The number of fused-ring (bicyclic) bond motifs is 1. The fourth-order valence-corrected chi connectivity index (χ4v) is 5.05. The molecule has 3 aliphatic rings. The summed E-state index contributed by atoms with van der Waals surface area (Å²) in [6, 6.07) is 6.32. The Morgan fingerprint density at radius 2 is 1.84 bits per heavy atom. The van der Waals surface area contributed by atoms with E-state index in [4.69, 9.17) is 9.47 Å². The minimum atomic E-state index is -0.310. The third-order valence-electron chi connectivity index (χ3n) is 6.48. The minimum absolute atomic E-state index is 0.126. The number of carbonyl (C=O) groups excluding carboxylic acids is 1. The quantitative estimate of drug-likeness (QED) is 0.759. The van der Waals surface area contributed by atoms with Crippen molar-refractivity contribution >= 4 is 11.5 Å². The number of amides is 1. The third kappa shape index (κ3) is 4.03.